The van der Waals surface area contributed by atoms with Crippen molar-refractivity contribution in [1.82, 2.24) is 19.8 Å². The maximum absolute atomic E-state index is 4.09. The molecule has 3 aliphatic heterocycles. The maximum Gasteiger partial charge on any atom is 0.0946 e. The van der Waals surface area contributed by atoms with Gasteiger partial charge in [-0.05, 0) is 38.8 Å². The molecule has 1 N–H and O–H groups in total. The van der Waals surface area contributed by atoms with Crippen molar-refractivity contribution in [1.29, 1.82) is 0 Å². The Bertz CT molecular complexity index is 340. The summed E-state index contributed by atoms with van der Waals surface area (Å²) in [6.07, 6.45) is 8.55. The minimum Gasteiger partial charge on any atom is -0.336 e. The van der Waals surface area contributed by atoms with Gasteiger partial charge in [0.25, 0.3) is 0 Å². The largest absolute Gasteiger partial charge is 0.336 e. The van der Waals surface area contributed by atoms with Gasteiger partial charge in [0.2, 0.25) is 0 Å². The predicted octanol–water partition coefficient (Wildman–Crippen LogP) is 0.955. The molecule has 4 rings (SSSR count). The highest BCUT2D eigenvalue weighted by Crippen LogP contribution is 2.27. The average Bonchev–Trinajstić information content (AvgIpc) is 2.83. The zero-order valence-corrected chi connectivity index (χ0v) is 10.5. The molecule has 1 aromatic heterocycles. The lowest BCUT2D eigenvalue weighted by Gasteiger charge is -2.46. The van der Waals surface area contributed by atoms with Crippen molar-refractivity contribution in [2.45, 2.75) is 38.4 Å². The molecule has 0 spiro atoms. The van der Waals surface area contributed by atoms with Crippen LogP contribution in [0.4, 0.5) is 0 Å². The first-order chi connectivity index (χ1) is 8.31. The van der Waals surface area contributed by atoms with E-state index in [1.54, 1.807) is 0 Å². The Balaban J connectivity index is 1.53. The summed E-state index contributed by atoms with van der Waals surface area (Å²) in [6, 6.07) is 1.23. The molecular weight excluding hydrogens is 212 g/mol. The van der Waals surface area contributed by atoms with Crippen molar-refractivity contribution in [2.75, 3.05) is 19.6 Å². The van der Waals surface area contributed by atoms with Gasteiger partial charge in [0.05, 0.1) is 6.33 Å². The topological polar surface area (TPSA) is 33.1 Å². The number of hydrogen-bond donors (Lipinski definition) is 1. The fourth-order valence-corrected chi connectivity index (χ4v) is 3.28. The van der Waals surface area contributed by atoms with Gasteiger partial charge < -0.3 is 14.8 Å². The Morgan fingerprint density at radius 2 is 2.24 bits per heavy atom. The molecule has 1 aromatic rings. The van der Waals surface area contributed by atoms with Gasteiger partial charge in [-0.15, -0.1) is 0 Å². The third-order valence-corrected chi connectivity index (χ3v) is 4.20. The normalized spacial score (nSPS) is 33.8. The van der Waals surface area contributed by atoms with Gasteiger partial charge in [-0.1, -0.05) is 0 Å². The van der Waals surface area contributed by atoms with E-state index < -0.39 is 0 Å². The summed E-state index contributed by atoms with van der Waals surface area (Å²) >= 11 is 0. The number of aromatic nitrogens is 2. The molecule has 94 valence electrons. The fraction of sp³-hybridized carbons (Fsp3) is 0.769. The van der Waals surface area contributed by atoms with Crippen molar-refractivity contribution < 1.29 is 0 Å². The van der Waals surface area contributed by atoms with Crippen LogP contribution >= 0.6 is 0 Å². The van der Waals surface area contributed by atoms with E-state index in [4.69, 9.17) is 0 Å². The SMILES string of the molecule is CC(Cn1ccnc1)NC1CN2CCC1CC2. The molecule has 3 fully saturated rings. The number of nitrogens with one attached hydrogen (secondary N) is 1. The first-order valence-electron chi connectivity index (χ1n) is 6.75. The zero-order valence-electron chi connectivity index (χ0n) is 10.5. The van der Waals surface area contributed by atoms with Crippen molar-refractivity contribution in [3.05, 3.63) is 18.7 Å². The van der Waals surface area contributed by atoms with Gasteiger partial charge in [0, 0.05) is 37.6 Å². The number of rotatable bonds is 4. The van der Waals surface area contributed by atoms with E-state index in [9.17, 15) is 0 Å². The van der Waals surface area contributed by atoms with E-state index in [0.29, 0.717) is 12.1 Å². The van der Waals surface area contributed by atoms with Crippen molar-refractivity contribution >= 4 is 0 Å². The number of fused-ring (bicyclic) bond motifs is 3. The van der Waals surface area contributed by atoms with Crippen LogP contribution in [0.15, 0.2) is 18.7 Å². The molecule has 0 aromatic carbocycles. The van der Waals surface area contributed by atoms with Gasteiger partial charge in [-0.3, -0.25) is 0 Å². The number of piperidine rings is 3. The Kier molecular flexibility index (Phi) is 3.16. The Morgan fingerprint density at radius 1 is 1.41 bits per heavy atom. The molecule has 0 aliphatic carbocycles. The zero-order chi connectivity index (χ0) is 11.7. The van der Waals surface area contributed by atoms with Crippen LogP contribution in [0.25, 0.3) is 0 Å². The van der Waals surface area contributed by atoms with Crippen LogP contribution in [0.2, 0.25) is 0 Å². The first kappa shape index (κ1) is 11.2. The lowest BCUT2D eigenvalue weighted by molar-refractivity contribution is 0.0670. The lowest BCUT2D eigenvalue weighted by atomic mass is 9.84. The van der Waals surface area contributed by atoms with Crippen molar-refractivity contribution in [3.63, 3.8) is 0 Å². The van der Waals surface area contributed by atoms with Crippen LogP contribution in [0, 0.1) is 5.92 Å². The molecule has 17 heavy (non-hydrogen) atoms. The standard InChI is InChI=1S/C13H22N4/c1-11(8-17-7-4-14-10-17)15-13-9-16-5-2-12(13)3-6-16/h4,7,10-13,15H,2-3,5-6,8-9H2,1H3. The maximum atomic E-state index is 4.09. The quantitative estimate of drug-likeness (QED) is 0.842. The summed E-state index contributed by atoms with van der Waals surface area (Å²) in [5, 5.41) is 3.80. The van der Waals surface area contributed by atoms with E-state index in [0.717, 1.165) is 12.5 Å². The molecule has 2 bridgehead atoms. The summed E-state index contributed by atoms with van der Waals surface area (Å²) in [7, 11) is 0. The third-order valence-electron chi connectivity index (χ3n) is 4.20. The van der Waals surface area contributed by atoms with Crippen molar-refractivity contribution in [3.8, 4) is 0 Å². The second-order valence-electron chi connectivity index (χ2n) is 5.57. The average molecular weight is 234 g/mol. The smallest absolute Gasteiger partial charge is 0.0946 e. The monoisotopic (exact) mass is 234 g/mol. The van der Waals surface area contributed by atoms with Gasteiger partial charge in [-0.25, -0.2) is 4.98 Å². The van der Waals surface area contributed by atoms with Crippen molar-refractivity contribution in [2.24, 2.45) is 5.92 Å². The molecule has 4 heterocycles. The van der Waals surface area contributed by atoms with Gasteiger partial charge >= 0.3 is 0 Å². The lowest BCUT2D eigenvalue weighted by Crippen LogP contribution is -2.58. The van der Waals surface area contributed by atoms with Gasteiger partial charge in [0.15, 0.2) is 0 Å². The Morgan fingerprint density at radius 3 is 2.82 bits per heavy atom. The molecule has 0 amide bonds. The van der Waals surface area contributed by atoms with Crippen LogP contribution in [-0.2, 0) is 6.54 Å². The van der Waals surface area contributed by atoms with Crippen LogP contribution < -0.4 is 5.32 Å². The van der Waals surface area contributed by atoms with E-state index in [1.165, 1.54) is 32.5 Å². The third kappa shape index (κ3) is 2.53. The van der Waals surface area contributed by atoms with Crippen LogP contribution in [0.1, 0.15) is 19.8 Å². The summed E-state index contributed by atoms with van der Waals surface area (Å²) in [5.41, 5.74) is 0. The summed E-state index contributed by atoms with van der Waals surface area (Å²) in [5.74, 6) is 0.908. The highest BCUT2D eigenvalue weighted by atomic mass is 15.2. The van der Waals surface area contributed by atoms with Gasteiger partial charge in [-0.2, -0.15) is 0 Å². The summed E-state index contributed by atoms with van der Waals surface area (Å²) in [4.78, 5) is 6.69. The minimum absolute atomic E-state index is 0.523. The molecule has 0 radical (unpaired) electrons. The second-order valence-corrected chi connectivity index (χ2v) is 5.57. The fourth-order valence-electron chi connectivity index (χ4n) is 3.28. The van der Waals surface area contributed by atoms with E-state index >= 15 is 0 Å². The summed E-state index contributed by atoms with van der Waals surface area (Å²) < 4.78 is 2.15. The van der Waals surface area contributed by atoms with E-state index in [1.807, 2.05) is 18.7 Å². The molecule has 3 aliphatic rings. The molecule has 0 saturated carbocycles. The van der Waals surface area contributed by atoms with Crippen LogP contribution in [0.3, 0.4) is 0 Å². The Hall–Kier alpha value is -0.870. The minimum atomic E-state index is 0.523. The summed E-state index contributed by atoms with van der Waals surface area (Å²) in [6.45, 7) is 7.18. The highest BCUT2D eigenvalue weighted by molar-refractivity contribution is 4.92. The number of imidazole rings is 1. The van der Waals surface area contributed by atoms with Crippen LogP contribution in [0.5, 0.6) is 0 Å². The number of nitrogens with zero attached hydrogens (tertiary/aromatic N) is 3. The first-order valence-corrected chi connectivity index (χ1v) is 6.75. The molecular formula is C13H22N4. The van der Waals surface area contributed by atoms with Crippen LogP contribution in [-0.4, -0.2) is 46.2 Å². The molecule has 4 heteroatoms. The predicted molar refractivity (Wildman–Crippen MR) is 67.8 cm³/mol. The molecule has 2 atom stereocenters. The van der Waals surface area contributed by atoms with Gasteiger partial charge in [0.1, 0.15) is 0 Å². The molecule has 4 nitrogen and oxygen atoms in total. The second kappa shape index (κ2) is 4.78. The molecule has 2 unspecified atom stereocenters. The number of hydrogen-bond acceptors (Lipinski definition) is 3. The molecule has 3 saturated heterocycles. The highest BCUT2D eigenvalue weighted by Gasteiger charge is 2.34. The van der Waals surface area contributed by atoms with E-state index in [-0.39, 0.29) is 0 Å². The Labute approximate surface area is 103 Å². The van der Waals surface area contributed by atoms with E-state index in [2.05, 4.69) is 26.7 Å².